The molecule has 0 bridgehead atoms. The van der Waals surface area contributed by atoms with Gasteiger partial charge in [-0.1, -0.05) is 78.9 Å². The lowest BCUT2D eigenvalue weighted by atomic mass is 9.90. The third-order valence-corrected chi connectivity index (χ3v) is 4.35. The number of rotatable bonds is 3. The topological polar surface area (TPSA) is 30.0 Å². The first kappa shape index (κ1) is 15.3. The monoisotopic (exact) mass is 323 g/mol. The van der Waals surface area contributed by atoms with Crippen LogP contribution in [0.2, 0.25) is 0 Å². The van der Waals surface area contributed by atoms with E-state index >= 15 is 0 Å². The van der Waals surface area contributed by atoms with Gasteiger partial charge in [0, 0.05) is 16.5 Å². The molecular formula is C23H17NO. The molecule has 0 radical (unpaired) electrons. The number of carbonyl (C=O) groups is 1. The molecule has 0 saturated heterocycles. The van der Waals surface area contributed by atoms with Gasteiger partial charge in [0.25, 0.3) is 0 Å². The summed E-state index contributed by atoms with van der Waals surface area (Å²) in [6.45, 7) is 1.62. The van der Waals surface area contributed by atoms with Crippen molar-refractivity contribution in [3.8, 4) is 22.4 Å². The highest BCUT2D eigenvalue weighted by Crippen LogP contribution is 2.37. The lowest BCUT2D eigenvalue weighted by molar-refractivity contribution is 0.101. The minimum absolute atomic E-state index is 0.0240. The first-order valence-corrected chi connectivity index (χ1v) is 8.30. The Labute approximate surface area is 146 Å². The number of ketones is 1. The molecule has 3 aromatic carbocycles. The maximum Gasteiger partial charge on any atom is 0.162 e. The van der Waals surface area contributed by atoms with Crippen LogP contribution in [-0.2, 0) is 0 Å². The van der Waals surface area contributed by atoms with E-state index in [9.17, 15) is 4.79 Å². The van der Waals surface area contributed by atoms with Crippen molar-refractivity contribution in [1.29, 1.82) is 0 Å². The summed E-state index contributed by atoms with van der Waals surface area (Å²) in [6, 6.07) is 28.0. The smallest absolute Gasteiger partial charge is 0.162 e. The number of fused-ring (bicyclic) bond motifs is 1. The molecule has 0 spiro atoms. The van der Waals surface area contributed by atoms with Crippen LogP contribution in [-0.4, -0.2) is 10.8 Å². The Kier molecular flexibility index (Phi) is 3.87. The Bertz CT molecular complexity index is 1050. The molecule has 0 saturated carbocycles. The maximum absolute atomic E-state index is 12.6. The Hall–Kier alpha value is -3.26. The zero-order valence-corrected chi connectivity index (χ0v) is 13.9. The number of aromatic nitrogens is 1. The number of Topliss-reactive ketones (excluding diaryl/α,β-unsaturated/α-hetero) is 1. The Balaban J connectivity index is 2.17. The molecule has 1 heterocycles. The normalized spacial score (nSPS) is 10.8. The molecule has 4 rings (SSSR count). The van der Waals surface area contributed by atoms with Crippen molar-refractivity contribution < 1.29 is 4.79 Å². The Morgan fingerprint density at radius 2 is 1.28 bits per heavy atom. The number of hydrogen-bond acceptors (Lipinski definition) is 2. The van der Waals surface area contributed by atoms with Crippen LogP contribution in [0.1, 0.15) is 17.3 Å². The first-order chi connectivity index (χ1) is 12.3. The molecule has 0 atom stereocenters. The number of para-hydroxylation sites is 1. The molecule has 0 N–H and O–H groups in total. The molecule has 0 unspecified atom stereocenters. The minimum atomic E-state index is 0.0240. The fourth-order valence-corrected chi connectivity index (χ4v) is 3.26. The van der Waals surface area contributed by atoms with Crippen molar-refractivity contribution in [3.05, 3.63) is 90.5 Å². The predicted octanol–water partition coefficient (Wildman–Crippen LogP) is 5.77. The molecule has 0 aliphatic heterocycles. The van der Waals surface area contributed by atoms with E-state index in [0.717, 1.165) is 33.3 Å². The lowest BCUT2D eigenvalue weighted by Gasteiger charge is -2.16. The third-order valence-electron chi connectivity index (χ3n) is 4.35. The second-order valence-electron chi connectivity index (χ2n) is 6.02. The number of carbonyl (C=O) groups excluding carboxylic acids is 1. The van der Waals surface area contributed by atoms with Gasteiger partial charge in [-0.2, -0.15) is 0 Å². The summed E-state index contributed by atoms with van der Waals surface area (Å²) >= 11 is 0. The van der Waals surface area contributed by atoms with Crippen LogP contribution in [0.15, 0.2) is 84.9 Å². The highest BCUT2D eigenvalue weighted by molar-refractivity contribution is 6.13. The van der Waals surface area contributed by atoms with Gasteiger partial charge in [-0.3, -0.25) is 4.79 Å². The zero-order valence-electron chi connectivity index (χ0n) is 13.9. The standard InChI is InChI=1S/C23H17NO/c1-16(25)21-22(17-10-4-2-5-11-17)19-14-8-9-15-20(19)24-23(21)18-12-6-3-7-13-18/h2-15H,1H3. The largest absolute Gasteiger partial charge is 0.294 e. The average molecular weight is 323 g/mol. The van der Waals surface area contributed by atoms with Crippen molar-refractivity contribution in [3.63, 3.8) is 0 Å². The molecule has 2 heteroatoms. The number of hydrogen-bond donors (Lipinski definition) is 0. The van der Waals surface area contributed by atoms with Gasteiger partial charge in [0.2, 0.25) is 0 Å². The maximum atomic E-state index is 12.6. The number of nitrogens with zero attached hydrogens (tertiary/aromatic N) is 1. The molecule has 4 aromatic rings. The minimum Gasteiger partial charge on any atom is -0.294 e. The molecule has 120 valence electrons. The van der Waals surface area contributed by atoms with Crippen molar-refractivity contribution in [2.45, 2.75) is 6.92 Å². The van der Waals surface area contributed by atoms with E-state index in [0.29, 0.717) is 5.56 Å². The number of pyridine rings is 1. The fraction of sp³-hybridized carbons (Fsp3) is 0.0435. The quantitative estimate of drug-likeness (QED) is 0.448. The number of benzene rings is 3. The first-order valence-electron chi connectivity index (χ1n) is 8.30. The molecule has 0 aliphatic carbocycles. The van der Waals surface area contributed by atoms with Crippen LogP contribution >= 0.6 is 0 Å². The summed E-state index contributed by atoms with van der Waals surface area (Å²) in [4.78, 5) is 17.5. The van der Waals surface area contributed by atoms with Crippen LogP contribution in [0.5, 0.6) is 0 Å². The fourth-order valence-electron chi connectivity index (χ4n) is 3.26. The van der Waals surface area contributed by atoms with E-state index in [2.05, 4.69) is 0 Å². The van der Waals surface area contributed by atoms with E-state index in [1.165, 1.54) is 0 Å². The summed E-state index contributed by atoms with van der Waals surface area (Å²) in [6.07, 6.45) is 0. The predicted molar refractivity (Wildman–Crippen MR) is 103 cm³/mol. The molecule has 0 aliphatic rings. The van der Waals surface area contributed by atoms with Gasteiger partial charge in [-0.25, -0.2) is 4.98 Å². The van der Waals surface area contributed by atoms with Crippen LogP contribution < -0.4 is 0 Å². The molecule has 1 aromatic heterocycles. The second kappa shape index (κ2) is 6.33. The average Bonchev–Trinajstić information content (AvgIpc) is 2.67. The van der Waals surface area contributed by atoms with Gasteiger partial charge < -0.3 is 0 Å². The second-order valence-corrected chi connectivity index (χ2v) is 6.02. The van der Waals surface area contributed by atoms with Gasteiger partial charge in [0.05, 0.1) is 16.8 Å². The summed E-state index contributed by atoms with van der Waals surface area (Å²) in [5, 5.41) is 0.999. The summed E-state index contributed by atoms with van der Waals surface area (Å²) < 4.78 is 0. The van der Waals surface area contributed by atoms with E-state index < -0.39 is 0 Å². The van der Waals surface area contributed by atoms with E-state index in [4.69, 9.17) is 4.98 Å². The van der Waals surface area contributed by atoms with Gasteiger partial charge in [0.1, 0.15) is 0 Å². The van der Waals surface area contributed by atoms with E-state index in [-0.39, 0.29) is 5.78 Å². The van der Waals surface area contributed by atoms with Crippen LogP contribution in [0.4, 0.5) is 0 Å². The molecular weight excluding hydrogens is 306 g/mol. The van der Waals surface area contributed by atoms with Gasteiger partial charge in [-0.05, 0) is 18.6 Å². The highest BCUT2D eigenvalue weighted by atomic mass is 16.1. The van der Waals surface area contributed by atoms with Crippen LogP contribution in [0, 0.1) is 0 Å². The third kappa shape index (κ3) is 2.72. The van der Waals surface area contributed by atoms with Gasteiger partial charge >= 0.3 is 0 Å². The summed E-state index contributed by atoms with van der Waals surface area (Å²) in [5.74, 6) is 0.0240. The molecule has 2 nitrogen and oxygen atoms in total. The Morgan fingerprint density at radius 1 is 0.720 bits per heavy atom. The van der Waals surface area contributed by atoms with Crippen molar-refractivity contribution in [1.82, 2.24) is 4.98 Å². The molecule has 25 heavy (non-hydrogen) atoms. The van der Waals surface area contributed by atoms with Gasteiger partial charge in [0.15, 0.2) is 5.78 Å². The SMILES string of the molecule is CC(=O)c1c(-c2ccccc2)nc2ccccc2c1-c1ccccc1. The van der Waals surface area contributed by atoms with Crippen LogP contribution in [0.25, 0.3) is 33.3 Å². The molecule has 0 amide bonds. The van der Waals surface area contributed by atoms with Crippen molar-refractivity contribution >= 4 is 16.7 Å². The zero-order chi connectivity index (χ0) is 17.2. The van der Waals surface area contributed by atoms with E-state index in [1.54, 1.807) is 6.92 Å². The van der Waals surface area contributed by atoms with Crippen molar-refractivity contribution in [2.24, 2.45) is 0 Å². The van der Waals surface area contributed by atoms with Crippen LogP contribution in [0.3, 0.4) is 0 Å². The Morgan fingerprint density at radius 3 is 1.92 bits per heavy atom. The lowest BCUT2D eigenvalue weighted by Crippen LogP contribution is -2.04. The van der Waals surface area contributed by atoms with Gasteiger partial charge in [-0.15, -0.1) is 0 Å². The summed E-state index contributed by atoms with van der Waals surface area (Å²) in [5.41, 5.74) is 5.25. The highest BCUT2D eigenvalue weighted by Gasteiger charge is 2.20. The van der Waals surface area contributed by atoms with E-state index in [1.807, 2.05) is 84.9 Å². The molecule has 0 fully saturated rings. The summed E-state index contributed by atoms with van der Waals surface area (Å²) in [7, 11) is 0. The van der Waals surface area contributed by atoms with Crippen molar-refractivity contribution in [2.75, 3.05) is 0 Å².